The van der Waals surface area contributed by atoms with Crippen molar-refractivity contribution in [3.05, 3.63) is 29.8 Å². The molecule has 0 spiro atoms. The highest BCUT2D eigenvalue weighted by Gasteiger charge is 2.30. The SMILES string of the molecule is O=C(C[NH+]1CCC(C(=O)[O-])CC1)Nc1cccc(C(F)(F)F)c1. The first-order valence-electron chi connectivity index (χ1n) is 7.27. The Bertz CT molecular complexity index is 582. The maximum absolute atomic E-state index is 12.6. The Morgan fingerprint density at radius 3 is 2.48 bits per heavy atom. The zero-order valence-corrected chi connectivity index (χ0v) is 12.3. The number of carbonyl (C=O) groups is 2. The zero-order valence-electron chi connectivity index (χ0n) is 12.3. The second-order valence-electron chi connectivity index (χ2n) is 5.65. The molecule has 0 unspecified atom stereocenters. The van der Waals surface area contributed by atoms with Crippen molar-refractivity contribution in [3.63, 3.8) is 0 Å². The van der Waals surface area contributed by atoms with Crippen molar-refractivity contribution in [1.29, 1.82) is 0 Å². The first-order chi connectivity index (χ1) is 10.8. The lowest BCUT2D eigenvalue weighted by Crippen LogP contribution is -3.14. The molecule has 1 saturated heterocycles. The van der Waals surface area contributed by atoms with Gasteiger partial charge in [-0.1, -0.05) is 6.07 Å². The monoisotopic (exact) mass is 330 g/mol. The number of carbonyl (C=O) groups excluding carboxylic acids is 2. The van der Waals surface area contributed by atoms with Crippen LogP contribution in [0.3, 0.4) is 0 Å². The van der Waals surface area contributed by atoms with Gasteiger partial charge in [-0.15, -0.1) is 0 Å². The Morgan fingerprint density at radius 1 is 1.26 bits per heavy atom. The molecule has 0 atom stereocenters. The van der Waals surface area contributed by atoms with E-state index >= 15 is 0 Å². The topological polar surface area (TPSA) is 73.7 Å². The number of rotatable bonds is 4. The summed E-state index contributed by atoms with van der Waals surface area (Å²) in [7, 11) is 0. The van der Waals surface area contributed by atoms with Crippen LogP contribution < -0.4 is 15.3 Å². The van der Waals surface area contributed by atoms with Gasteiger partial charge < -0.3 is 20.1 Å². The Hall–Kier alpha value is -2.09. The van der Waals surface area contributed by atoms with E-state index in [1.165, 1.54) is 12.1 Å². The van der Waals surface area contributed by atoms with Crippen LogP contribution in [0.25, 0.3) is 0 Å². The Balaban J connectivity index is 1.87. The molecule has 8 heteroatoms. The molecule has 1 heterocycles. The van der Waals surface area contributed by atoms with Gasteiger partial charge in [0, 0.05) is 30.4 Å². The predicted octanol–water partition coefficient (Wildman–Crippen LogP) is -0.311. The maximum atomic E-state index is 12.6. The summed E-state index contributed by atoms with van der Waals surface area (Å²) >= 11 is 0. The quantitative estimate of drug-likeness (QED) is 0.795. The minimum Gasteiger partial charge on any atom is -0.550 e. The number of hydrogen-bond acceptors (Lipinski definition) is 3. The van der Waals surface area contributed by atoms with Gasteiger partial charge in [0.1, 0.15) is 0 Å². The number of carboxylic acid groups (broad SMARTS) is 1. The van der Waals surface area contributed by atoms with Gasteiger partial charge in [-0.05, 0) is 18.2 Å². The second-order valence-corrected chi connectivity index (χ2v) is 5.65. The molecule has 23 heavy (non-hydrogen) atoms. The van der Waals surface area contributed by atoms with Gasteiger partial charge in [0.25, 0.3) is 5.91 Å². The number of anilines is 1. The van der Waals surface area contributed by atoms with E-state index < -0.39 is 29.5 Å². The van der Waals surface area contributed by atoms with Gasteiger partial charge in [-0.2, -0.15) is 13.2 Å². The number of likely N-dealkylation sites (tertiary alicyclic amines) is 1. The van der Waals surface area contributed by atoms with Crippen molar-refractivity contribution >= 4 is 17.6 Å². The van der Waals surface area contributed by atoms with E-state index in [-0.39, 0.29) is 12.2 Å². The number of piperidine rings is 1. The van der Waals surface area contributed by atoms with Gasteiger partial charge in [0.2, 0.25) is 0 Å². The molecular formula is C15H17F3N2O3. The smallest absolute Gasteiger partial charge is 0.416 e. The normalized spacial score (nSPS) is 21.7. The first-order valence-corrected chi connectivity index (χ1v) is 7.27. The van der Waals surface area contributed by atoms with E-state index in [4.69, 9.17) is 0 Å². The van der Waals surface area contributed by atoms with E-state index in [0.29, 0.717) is 25.9 Å². The molecule has 1 aliphatic heterocycles. The highest BCUT2D eigenvalue weighted by Crippen LogP contribution is 2.30. The fraction of sp³-hybridized carbons (Fsp3) is 0.467. The molecule has 1 fully saturated rings. The summed E-state index contributed by atoms with van der Waals surface area (Å²) in [6.45, 7) is 1.14. The minimum atomic E-state index is -4.46. The molecule has 126 valence electrons. The molecule has 0 aliphatic carbocycles. The van der Waals surface area contributed by atoms with Crippen molar-refractivity contribution < 1.29 is 32.8 Å². The largest absolute Gasteiger partial charge is 0.550 e. The Labute approximate surface area is 131 Å². The molecule has 1 amide bonds. The van der Waals surface area contributed by atoms with Crippen LogP contribution in [0.15, 0.2) is 24.3 Å². The van der Waals surface area contributed by atoms with Gasteiger partial charge in [-0.25, -0.2) is 0 Å². The summed E-state index contributed by atoms with van der Waals surface area (Å²) in [5, 5.41) is 13.2. The number of benzene rings is 1. The van der Waals surface area contributed by atoms with Crippen LogP contribution in [0, 0.1) is 5.92 Å². The number of carboxylic acids is 1. The van der Waals surface area contributed by atoms with Gasteiger partial charge in [0.15, 0.2) is 6.54 Å². The van der Waals surface area contributed by atoms with Crippen LogP contribution >= 0.6 is 0 Å². The molecule has 0 saturated carbocycles. The number of aliphatic carboxylic acids is 1. The Morgan fingerprint density at radius 2 is 1.91 bits per heavy atom. The van der Waals surface area contributed by atoms with E-state index in [2.05, 4.69) is 5.32 Å². The molecule has 0 aromatic heterocycles. The molecule has 2 N–H and O–H groups in total. The van der Waals surface area contributed by atoms with Crippen LogP contribution in [0.1, 0.15) is 18.4 Å². The summed E-state index contributed by atoms with van der Waals surface area (Å²) in [6, 6.07) is 4.45. The molecule has 0 bridgehead atoms. The zero-order chi connectivity index (χ0) is 17.0. The van der Waals surface area contributed by atoms with Crippen LogP contribution in [-0.2, 0) is 15.8 Å². The van der Waals surface area contributed by atoms with Crippen LogP contribution in [0.2, 0.25) is 0 Å². The summed E-state index contributed by atoms with van der Waals surface area (Å²) in [5.74, 6) is -1.95. The summed E-state index contributed by atoms with van der Waals surface area (Å²) in [6.07, 6.45) is -3.58. The van der Waals surface area contributed by atoms with Crippen molar-refractivity contribution in [2.24, 2.45) is 5.92 Å². The molecule has 1 aromatic carbocycles. The third kappa shape index (κ3) is 4.95. The minimum absolute atomic E-state index is 0.0915. The lowest BCUT2D eigenvalue weighted by molar-refractivity contribution is -0.897. The molecular weight excluding hydrogens is 313 g/mol. The molecule has 1 aliphatic rings. The number of quaternary nitrogens is 1. The molecule has 5 nitrogen and oxygen atoms in total. The van der Waals surface area contributed by atoms with E-state index in [1.807, 2.05) is 0 Å². The van der Waals surface area contributed by atoms with Gasteiger partial charge >= 0.3 is 6.18 Å². The van der Waals surface area contributed by atoms with Crippen molar-refractivity contribution in [2.75, 3.05) is 25.0 Å². The van der Waals surface area contributed by atoms with Crippen molar-refractivity contribution in [3.8, 4) is 0 Å². The number of nitrogens with one attached hydrogen (secondary N) is 2. The third-order valence-corrected chi connectivity index (χ3v) is 3.91. The van der Waals surface area contributed by atoms with Crippen LogP contribution in [0.5, 0.6) is 0 Å². The fourth-order valence-electron chi connectivity index (χ4n) is 2.64. The molecule has 0 radical (unpaired) electrons. The fourth-order valence-corrected chi connectivity index (χ4v) is 2.64. The van der Waals surface area contributed by atoms with Crippen molar-refractivity contribution in [2.45, 2.75) is 19.0 Å². The highest BCUT2D eigenvalue weighted by molar-refractivity contribution is 5.91. The van der Waals surface area contributed by atoms with E-state index in [0.717, 1.165) is 17.0 Å². The number of alkyl halides is 3. The van der Waals surface area contributed by atoms with Crippen molar-refractivity contribution in [1.82, 2.24) is 0 Å². The number of hydrogen-bond donors (Lipinski definition) is 2. The third-order valence-electron chi connectivity index (χ3n) is 3.91. The Kier molecular flexibility index (Phi) is 5.25. The summed E-state index contributed by atoms with van der Waals surface area (Å²) < 4.78 is 37.8. The average molecular weight is 330 g/mol. The van der Waals surface area contributed by atoms with Gasteiger partial charge in [0.05, 0.1) is 18.7 Å². The average Bonchev–Trinajstić information content (AvgIpc) is 2.47. The maximum Gasteiger partial charge on any atom is 0.416 e. The standard InChI is InChI=1S/C15H17F3N2O3/c16-15(17,18)11-2-1-3-12(8-11)19-13(21)9-20-6-4-10(5-7-20)14(22)23/h1-3,8,10H,4-7,9H2,(H,19,21)(H,22,23). The van der Waals surface area contributed by atoms with E-state index in [1.54, 1.807) is 0 Å². The first kappa shape index (κ1) is 17.3. The van der Waals surface area contributed by atoms with E-state index in [9.17, 15) is 27.9 Å². The number of amides is 1. The predicted molar refractivity (Wildman–Crippen MR) is 73.4 cm³/mol. The second kappa shape index (κ2) is 6.99. The van der Waals surface area contributed by atoms with Gasteiger partial charge in [-0.3, -0.25) is 4.79 Å². The summed E-state index contributed by atoms with van der Waals surface area (Å²) in [5.41, 5.74) is -0.730. The lowest BCUT2D eigenvalue weighted by Gasteiger charge is -2.29. The van der Waals surface area contributed by atoms with Crippen LogP contribution in [-0.4, -0.2) is 31.5 Å². The molecule has 1 aromatic rings. The highest BCUT2D eigenvalue weighted by atomic mass is 19.4. The lowest BCUT2D eigenvalue weighted by atomic mass is 9.97. The van der Waals surface area contributed by atoms with Crippen LogP contribution in [0.4, 0.5) is 18.9 Å². The molecule has 2 rings (SSSR count). The summed E-state index contributed by atoms with van der Waals surface area (Å²) in [4.78, 5) is 23.6. The number of halogens is 3.